The van der Waals surface area contributed by atoms with Gasteiger partial charge in [0.2, 0.25) is 0 Å². The fourth-order valence-corrected chi connectivity index (χ4v) is 2.05. The molecule has 0 bridgehead atoms. The molecule has 1 atom stereocenters. The second-order valence-corrected chi connectivity index (χ2v) is 4.71. The third-order valence-electron chi connectivity index (χ3n) is 2.41. The predicted octanol–water partition coefficient (Wildman–Crippen LogP) is 1.84. The van der Waals surface area contributed by atoms with Gasteiger partial charge in [-0.2, -0.15) is 0 Å². The zero-order valence-electron chi connectivity index (χ0n) is 8.66. The molecular formula is C11H12BrNO2. The lowest BCUT2D eigenvalue weighted by Gasteiger charge is -2.15. The molecule has 0 aromatic heterocycles. The molecule has 1 aliphatic heterocycles. The molecule has 15 heavy (non-hydrogen) atoms. The van der Waals surface area contributed by atoms with Gasteiger partial charge in [0, 0.05) is 25.0 Å². The summed E-state index contributed by atoms with van der Waals surface area (Å²) < 4.78 is 6.59. The zero-order chi connectivity index (χ0) is 11.0. The SMILES string of the molecule is CN(C)C(=O)[C@H]1Cc2cc(Br)ccc2O1. The lowest BCUT2D eigenvalue weighted by atomic mass is 10.1. The largest absolute Gasteiger partial charge is 0.480 e. The van der Waals surface area contributed by atoms with Crippen molar-refractivity contribution >= 4 is 21.8 Å². The van der Waals surface area contributed by atoms with E-state index in [1.165, 1.54) is 0 Å². The Hall–Kier alpha value is -1.03. The van der Waals surface area contributed by atoms with Gasteiger partial charge in [-0.15, -0.1) is 0 Å². The molecule has 1 amide bonds. The Morgan fingerprint density at radius 1 is 1.53 bits per heavy atom. The van der Waals surface area contributed by atoms with Gasteiger partial charge in [-0.1, -0.05) is 15.9 Å². The number of likely N-dealkylation sites (N-methyl/N-ethyl adjacent to an activating group) is 1. The first-order chi connectivity index (χ1) is 7.08. The number of rotatable bonds is 1. The number of ether oxygens (including phenoxy) is 1. The molecule has 4 heteroatoms. The summed E-state index contributed by atoms with van der Waals surface area (Å²) >= 11 is 3.40. The van der Waals surface area contributed by atoms with Gasteiger partial charge in [0.25, 0.3) is 5.91 Å². The number of fused-ring (bicyclic) bond motifs is 1. The zero-order valence-corrected chi connectivity index (χ0v) is 10.2. The molecule has 3 nitrogen and oxygen atoms in total. The van der Waals surface area contributed by atoms with Crippen LogP contribution < -0.4 is 4.74 Å². The highest BCUT2D eigenvalue weighted by Gasteiger charge is 2.29. The van der Waals surface area contributed by atoms with E-state index in [4.69, 9.17) is 4.74 Å². The number of hydrogen-bond donors (Lipinski definition) is 0. The number of amides is 1. The van der Waals surface area contributed by atoms with Gasteiger partial charge in [-0.3, -0.25) is 4.79 Å². The Kier molecular flexibility index (Phi) is 2.69. The molecule has 1 aromatic carbocycles. The van der Waals surface area contributed by atoms with E-state index >= 15 is 0 Å². The first kappa shape index (κ1) is 10.5. The Labute approximate surface area is 97.2 Å². The van der Waals surface area contributed by atoms with Crippen molar-refractivity contribution in [3.05, 3.63) is 28.2 Å². The monoisotopic (exact) mass is 269 g/mol. The van der Waals surface area contributed by atoms with Crippen LogP contribution in [0.1, 0.15) is 5.56 Å². The maximum Gasteiger partial charge on any atom is 0.263 e. The summed E-state index contributed by atoms with van der Waals surface area (Å²) in [6, 6.07) is 5.81. The molecule has 0 spiro atoms. The topological polar surface area (TPSA) is 29.5 Å². The van der Waals surface area contributed by atoms with Crippen LogP contribution in [0.3, 0.4) is 0 Å². The fourth-order valence-electron chi connectivity index (χ4n) is 1.64. The molecule has 1 aliphatic rings. The van der Waals surface area contributed by atoms with Crippen molar-refractivity contribution in [2.75, 3.05) is 14.1 Å². The maximum absolute atomic E-state index is 11.7. The number of nitrogens with zero attached hydrogens (tertiary/aromatic N) is 1. The molecule has 80 valence electrons. The van der Waals surface area contributed by atoms with E-state index in [-0.39, 0.29) is 12.0 Å². The van der Waals surface area contributed by atoms with E-state index in [9.17, 15) is 4.79 Å². The molecule has 0 aliphatic carbocycles. The van der Waals surface area contributed by atoms with Crippen molar-refractivity contribution in [3.63, 3.8) is 0 Å². The second-order valence-electron chi connectivity index (χ2n) is 3.80. The van der Waals surface area contributed by atoms with Crippen LogP contribution in [0, 0.1) is 0 Å². The van der Waals surface area contributed by atoms with Crippen LogP contribution in [0.2, 0.25) is 0 Å². The summed E-state index contributed by atoms with van der Waals surface area (Å²) in [6.45, 7) is 0. The van der Waals surface area contributed by atoms with Crippen LogP contribution in [0.4, 0.5) is 0 Å². The lowest BCUT2D eigenvalue weighted by Crippen LogP contribution is -2.36. The van der Waals surface area contributed by atoms with Crippen molar-refractivity contribution in [1.82, 2.24) is 4.90 Å². The number of benzene rings is 1. The molecule has 0 unspecified atom stereocenters. The third kappa shape index (κ3) is 2.00. The molecule has 0 saturated heterocycles. The van der Waals surface area contributed by atoms with Crippen molar-refractivity contribution in [3.8, 4) is 5.75 Å². The van der Waals surface area contributed by atoms with Crippen molar-refractivity contribution in [2.45, 2.75) is 12.5 Å². The first-order valence-electron chi connectivity index (χ1n) is 4.74. The van der Waals surface area contributed by atoms with Gasteiger partial charge in [0.1, 0.15) is 5.75 Å². The van der Waals surface area contributed by atoms with Crippen molar-refractivity contribution < 1.29 is 9.53 Å². The van der Waals surface area contributed by atoms with Crippen molar-refractivity contribution in [1.29, 1.82) is 0 Å². The average molecular weight is 270 g/mol. The molecule has 0 saturated carbocycles. The summed E-state index contributed by atoms with van der Waals surface area (Å²) in [7, 11) is 3.48. The quantitative estimate of drug-likeness (QED) is 0.779. The average Bonchev–Trinajstić information content (AvgIpc) is 2.58. The van der Waals surface area contributed by atoms with E-state index < -0.39 is 0 Å². The first-order valence-corrected chi connectivity index (χ1v) is 5.53. The molecule has 1 aromatic rings. The molecule has 0 fully saturated rings. The predicted molar refractivity (Wildman–Crippen MR) is 61.0 cm³/mol. The minimum Gasteiger partial charge on any atom is -0.480 e. The number of carbonyl (C=O) groups is 1. The Bertz CT molecular complexity index is 404. The van der Waals surface area contributed by atoms with Crippen LogP contribution in [0.25, 0.3) is 0 Å². The van der Waals surface area contributed by atoms with E-state index in [2.05, 4.69) is 15.9 Å². The fraction of sp³-hybridized carbons (Fsp3) is 0.364. The Morgan fingerprint density at radius 2 is 2.27 bits per heavy atom. The molecular weight excluding hydrogens is 258 g/mol. The normalized spacial score (nSPS) is 18.2. The summed E-state index contributed by atoms with van der Waals surface area (Å²) in [5.74, 6) is 0.834. The molecule has 0 N–H and O–H groups in total. The minimum absolute atomic E-state index is 0.0160. The Balaban J connectivity index is 2.19. The van der Waals surface area contributed by atoms with E-state index in [1.807, 2.05) is 18.2 Å². The van der Waals surface area contributed by atoms with Gasteiger partial charge in [-0.25, -0.2) is 0 Å². The van der Waals surface area contributed by atoms with Crippen LogP contribution in [-0.4, -0.2) is 31.0 Å². The van der Waals surface area contributed by atoms with Crippen LogP contribution in [-0.2, 0) is 11.2 Å². The van der Waals surface area contributed by atoms with E-state index in [0.29, 0.717) is 6.42 Å². The molecule has 2 rings (SSSR count). The standard InChI is InChI=1S/C11H12BrNO2/c1-13(2)11(14)10-6-7-5-8(12)3-4-9(7)15-10/h3-5,10H,6H2,1-2H3/t10-/m1/s1. The number of hydrogen-bond acceptors (Lipinski definition) is 2. The highest BCUT2D eigenvalue weighted by molar-refractivity contribution is 9.10. The second kappa shape index (κ2) is 3.85. The molecule has 0 radical (unpaired) electrons. The highest BCUT2D eigenvalue weighted by Crippen LogP contribution is 2.31. The lowest BCUT2D eigenvalue weighted by molar-refractivity contribution is -0.135. The number of halogens is 1. The smallest absolute Gasteiger partial charge is 0.263 e. The highest BCUT2D eigenvalue weighted by atomic mass is 79.9. The third-order valence-corrected chi connectivity index (χ3v) is 2.91. The van der Waals surface area contributed by atoms with Crippen molar-refractivity contribution in [2.24, 2.45) is 0 Å². The minimum atomic E-state index is -0.357. The van der Waals surface area contributed by atoms with E-state index in [0.717, 1.165) is 15.8 Å². The van der Waals surface area contributed by atoms with E-state index in [1.54, 1.807) is 19.0 Å². The van der Waals surface area contributed by atoms with Gasteiger partial charge >= 0.3 is 0 Å². The summed E-state index contributed by atoms with van der Waals surface area (Å²) in [4.78, 5) is 13.2. The summed E-state index contributed by atoms with van der Waals surface area (Å²) in [5.41, 5.74) is 1.09. The maximum atomic E-state index is 11.7. The van der Waals surface area contributed by atoms with Gasteiger partial charge in [0.05, 0.1) is 0 Å². The number of carbonyl (C=O) groups excluding carboxylic acids is 1. The molecule has 1 heterocycles. The Morgan fingerprint density at radius 3 is 2.93 bits per heavy atom. The van der Waals surface area contributed by atoms with Gasteiger partial charge in [-0.05, 0) is 23.8 Å². The summed E-state index contributed by atoms with van der Waals surface area (Å²) in [6.07, 6.45) is 0.301. The van der Waals surface area contributed by atoms with Crippen LogP contribution >= 0.6 is 15.9 Å². The van der Waals surface area contributed by atoms with Gasteiger partial charge < -0.3 is 9.64 Å². The van der Waals surface area contributed by atoms with Crippen LogP contribution in [0.5, 0.6) is 5.75 Å². The summed E-state index contributed by atoms with van der Waals surface area (Å²) in [5, 5.41) is 0. The van der Waals surface area contributed by atoms with Gasteiger partial charge in [0.15, 0.2) is 6.10 Å². The van der Waals surface area contributed by atoms with Crippen LogP contribution in [0.15, 0.2) is 22.7 Å².